The quantitative estimate of drug-likeness (QED) is 0.603. The number of rotatable bonds is 3. The van der Waals surface area contributed by atoms with Crippen LogP contribution in [-0.2, 0) is 9.47 Å². The van der Waals surface area contributed by atoms with Gasteiger partial charge in [-0.3, -0.25) is 5.43 Å². The van der Waals surface area contributed by atoms with Crippen LogP contribution in [0, 0.1) is 6.92 Å². The van der Waals surface area contributed by atoms with E-state index in [0.29, 0.717) is 24.6 Å². The summed E-state index contributed by atoms with van der Waals surface area (Å²) in [6.45, 7) is 2.49. The summed E-state index contributed by atoms with van der Waals surface area (Å²) < 4.78 is 13.3. The van der Waals surface area contributed by atoms with E-state index >= 15 is 0 Å². The number of ether oxygens (including phenoxy) is 2. The smallest absolute Gasteiger partial charge is 0.199 e. The largest absolute Gasteiger partial charge is 0.375 e. The van der Waals surface area contributed by atoms with Crippen molar-refractivity contribution in [3.8, 4) is 11.4 Å². The first-order chi connectivity index (χ1) is 12.1. The van der Waals surface area contributed by atoms with Gasteiger partial charge in [-0.15, -0.1) is 5.10 Å². The molecule has 0 spiro atoms. The Hall–Kier alpha value is -2.43. The topological polar surface area (TPSA) is 112 Å². The van der Waals surface area contributed by atoms with Crippen LogP contribution < -0.4 is 11.2 Å². The van der Waals surface area contributed by atoms with Crippen molar-refractivity contribution in [3.63, 3.8) is 0 Å². The molecule has 2 bridgehead atoms. The summed E-state index contributed by atoms with van der Waals surface area (Å²) in [6, 6.07) is 7.92. The molecule has 0 aliphatic carbocycles. The molecule has 130 valence electrons. The van der Waals surface area contributed by atoms with E-state index in [1.807, 2.05) is 31.2 Å². The van der Waals surface area contributed by atoms with Crippen LogP contribution in [-0.4, -0.2) is 50.0 Å². The van der Waals surface area contributed by atoms with Gasteiger partial charge in [0.15, 0.2) is 17.2 Å². The predicted molar refractivity (Wildman–Crippen MR) is 93.6 cm³/mol. The van der Waals surface area contributed by atoms with E-state index in [9.17, 15) is 0 Å². The number of tetrazole rings is 1. The Morgan fingerprint density at radius 3 is 2.96 bits per heavy atom. The molecule has 3 N–H and O–H groups in total. The van der Waals surface area contributed by atoms with Crippen LogP contribution in [0.3, 0.4) is 0 Å². The standard InChI is InChI=1S/C15H17N7O2S/c1-8-2-4-9(5-3-8)13-18-20-21-22(13)11-6-10(17-19-15(16)25)14-23-7-12(11)24-14/h2-5,11-12,14H,6-7H2,1H3,(H3,16,19,25)/b17-10+/t11-,12+,14-/m0/s1. The first kappa shape index (κ1) is 16.1. The Morgan fingerprint density at radius 2 is 2.20 bits per heavy atom. The van der Waals surface area contributed by atoms with Crippen LogP contribution in [0.25, 0.3) is 11.4 Å². The highest BCUT2D eigenvalue weighted by molar-refractivity contribution is 7.80. The molecule has 3 heterocycles. The lowest BCUT2D eigenvalue weighted by Gasteiger charge is -2.28. The number of aryl methyl sites for hydroxylation is 1. The molecule has 9 nitrogen and oxygen atoms in total. The van der Waals surface area contributed by atoms with E-state index in [-0.39, 0.29) is 17.3 Å². The lowest BCUT2D eigenvalue weighted by atomic mass is 10.0. The highest BCUT2D eigenvalue weighted by Crippen LogP contribution is 2.35. The second kappa shape index (κ2) is 6.47. The minimum atomic E-state index is -0.484. The number of fused-ring (bicyclic) bond motifs is 2. The molecule has 3 atom stereocenters. The first-order valence-electron chi connectivity index (χ1n) is 7.85. The number of hydrogen-bond donors (Lipinski definition) is 2. The van der Waals surface area contributed by atoms with Gasteiger partial charge in [0.05, 0.1) is 18.4 Å². The van der Waals surface area contributed by atoms with E-state index in [1.165, 1.54) is 5.56 Å². The molecule has 2 saturated heterocycles. The van der Waals surface area contributed by atoms with E-state index in [1.54, 1.807) is 4.68 Å². The minimum Gasteiger partial charge on any atom is -0.375 e. The molecule has 25 heavy (non-hydrogen) atoms. The van der Waals surface area contributed by atoms with Crippen LogP contribution in [0.15, 0.2) is 29.4 Å². The summed E-state index contributed by atoms with van der Waals surface area (Å²) in [5, 5.41) is 16.5. The van der Waals surface area contributed by atoms with Crippen molar-refractivity contribution in [1.29, 1.82) is 0 Å². The molecule has 10 heteroatoms. The molecule has 1 aromatic carbocycles. The molecule has 2 aliphatic heterocycles. The van der Waals surface area contributed by atoms with Crippen LogP contribution in [0.5, 0.6) is 0 Å². The van der Waals surface area contributed by atoms with Gasteiger partial charge in [0.2, 0.25) is 0 Å². The van der Waals surface area contributed by atoms with E-state index < -0.39 is 6.29 Å². The molecule has 2 aromatic rings. The van der Waals surface area contributed by atoms with Gasteiger partial charge in [0.25, 0.3) is 0 Å². The van der Waals surface area contributed by atoms with Crippen molar-refractivity contribution in [1.82, 2.24) is 25.6 Å². The SMILES string of the molecule is Cc1ccc(-c2nnnn2[C@H]2C/C(=N\NC(N)=S)[C@H]3OC[C@H]2O3)cc1. The first-order valence-corrected chi connectivity index (χ1v) is 8.26. The van der Waals surface area contributed by atoms with Gasteiger partial charge in [0.1, 0.15) is 6.10 Å². The number of aromatic nitrogens is 4. The fourth-order valence-electron chi connectivity index (χ4n) is 3.02. The third-order valence-electron chi connectivity index (χ3n) is 4.26. The average molecular weight is 359 g/mol. The molecule has 1 aromatic heterocycles. The Labute approximate surface area is 149 Å². The van der Waals surface area contributed by atoms with Crippen molar-refractivity contribution in [2.75, 3.05) is 6.61 Å². The Morgan fingerprint density at radius 1 is 1.40 bits per heavy atom. The fourth-order valence-corrected chi connectivity index (χ4v) is 3.06. The van der Waals surface area contributed by atoms with Gasteiger partial charge in [-0.2, -0.15) is 5.10 Å². The maximum atomic E-state index is 5.90. The Balaban J connectivity index is 1.65. The number of nitrogens with one attached hydrogen (secondary N) is 1. The van der Waals surface area contributed by atoms with Gasteiger partial charge in [-0.25, -0.2) is 4.68 Å². The van der Waals surface area contributed by atoms with Crippen molar-refractivity contribution < 1.29 is 9.47 Å². The summed E-state index contributed by atoms with van der Waals surface area (Å²) in [5.41, 5.74) is 10.8. The number of nitrogens with two attached hydrogens (primary N) is 1. The highest BCUT2D eigenvalue weighted by Gasteiger charge is 2.44. The molecule has 0 radical (unpaired) electrons. The fraction of sp³-hybridized carbons (Fsp3) is 0.400. The molecule has 0 unspecified atom stereocenters. The monoisotopic (exact) mass is 359 g/mol. The zero-order valence-electron chi connectivity index (χ0n) is 13.5. The molecule has 2 aliphatic rings. The zero-order chi connectivity index (χ0) is 17.4. The molecule has 0 saturated carbocycles. The number of hydrazone groups is 1. The van der Waals surface area contributed by atoms with Crippen molar-refractivity contribution >= 4 is 23.0 Å². The average Bonchev–Trinajstić information content (AvgIpc) is 3.23. The summed E-state index contributed by atoms with van der Waals surface area (Å²) in [5.74, 6) is 0.681. The van der Waals surface area contributed by atoms with Crippen LogP contribution in [0.4, 0.5) is 0 Å². The van der Waals surface area contributed by atoms with Crippen molar-refractivity contribution in [2.45, 2.75) is 31.8 Å². The second-order valence-electron chi connectivity index (χ2n) is 6.00. The van der Waals surface area contributed by atoms with Gasteiger partial charge in [-0.1, -0.05) is 29.8 Å². The van der Waals surface area contributed by atoms with Crippen LogP contribution >= 0.6 is 12.2 Å². The van der Waals surface area contributed by atoms with Gasteiger partial charge >= 0.3 is 0 Å². The highest BCUT2D eigenvalue weighted by atomic mass is 32.1. The third kappa shape index (κ3) is 3.11. The minimum absolute atomic E-state index is 0.0898. The number of hydrogen-bond acceptors (Lipinski definition) is 7. The Bertz CT molecular complexity index is 820. The number of nitrogens with zero attached hydrogens (tertiary/aromatic N) is 5. The van der Waals surface area contributed by atoms with E-state index in [0.717, 1.165) is 5.56 Å². The van der Waals surface area contributed by atoms with Crippen LogP contribution in [0.1, 0.15) is 18.0 Å². The summed E-state index contributed by atoms with van der Waals surface area (Å²) >= 11 is 4.79. The normalized spacial score (nSPS) is 26.8. The summed E-state index contributed by atoms with van der Waals surface area (Å²) in [4.78, 5) is 0. The molecular formula is C15H17N7O2S. The van der Waals surface area contributed by atoms with Gasteiger partial charge < -0.3 is 15.2 Å². The molecular weight excluding hydrogens is 342 g/mol. The maximum Gasteiger partial charge on any atom is 0.199 e. The molecule has 2 fully saturated rings. The van der Waals surface area contributed by atoms with E-state index in [4.69, 9.17) is 27.4 Å². The summed E-state index contributed by atoms with van der Waals surface area (Å²) in [7, 11) is 0. The maximum absolute atomic E-state index is 5.90. The number of thiocarbonyl (C=S) groups is 1. The number of benzene rings is 1. The molecule has 0 amide bonds. The van der Waals surface area contributed by atoms with E-state index in [2.05, 4.69) is 26.1 Å². The van der Waals surface area contributed by atoms with Gasteiger partial charge in [-0.05, 0) is 29.6 Å². The molecule has 4 rings (SSSR count). The predicted octanol–water partition coefficient (Wildman–Crippen LogP) is 0.524. The Kier molecular flexibility index (Phi) is 4.15. The van der Waals surface area contributed by atoms with Crippen molar-refractivity contribution in [2.24, 2.45) is 10.8 Å². The summed E-state index contributed by atoms with van der Waals surface area (Å²) in [6.07, 6.45) is -0.0432. The lowest BCUT2D eigenvalue weighted by Crippen LogP contribution is -2.39. The third-order valence-corrected chi connectivity index (χ3v) is 4.35. The van der Waals surface area contributed by atoms with Gasteiger partial charge in [0, 0.05) is 12.0 Å². The lowest BCUT2D eigenvalue weighted by molar-refractivity contribution is -0.0320. The zero-order valence-corrected chi connectivity index (χ0v) is 14.3. The van der Waals surface area contributed by atoms with Crippen molar-refractivity contribution in [3.05, 3.63) is 29.8 Å². The second-order valence-corrected chi connectivity index (χ2v) is 6.44. The van der Waals surface area contributed by atoms with Crippen LogP contribution in [0.2, 0.25) is 0 Å².